The molecule has 1 aromatic carbocycles. The standard InChI is InChI=1S/C23H27F3N2O8/c1-13(29)20(21(33)36-22(34)23(24,25)26)35-18-11-15(5-6-16(18)30)17(31)12-28-19(32)4-2-3-14-7-9-27-10-8-14/h5-6,11,14,20,27,30H,2-4,7-10,12H2,1H3,(H,28,32). The Morgan fingerprint density at radius 1 is 1.17 bits per heavy atom. The number of nitrogens with one attached hydrogen (secondary N) is 2. The lowest BCUT2D eigenvalue weighted by Gasteiger charge is -2.22. The Hall–Kier alpha value is -3.48. The SMILES string of the molecule is CC(=O)C(Oc1cc(C(=O)CNC(=O)CCCC2CCNCC2)ccc1O)C(=O)OC(=O)C(F)(F)F. The first kappa shape index (κ1) is 28.8. The Labute approximate surface area is 204 Å². The lowest BCUT2D eigenvalue weighted by atomic mass is 9.92. The Balaban J connectivity index is 1.94. The molecule has 1 fully saturated rings. The van der Waals surface area contributed by atoms with Crippen LogP contribution in [0.15, 0.2) is 18.2 Å². The molecule has 198 valence electrons. The van der Waals surface area contributed by atoms with E-state index < -0.39 is 47.3 Å². The fourth-order valence-corrected chi connectivity index (χ4v) is 3.50. The summed E-state index contributed by atoms with van der Waals surface area (Å²) in [7, 11) is 0. The second-order valence-corrected chi connectivity index (χ2v) is 8.28. The van der Waals surface area contributed by atoms with E-state index in [0.717, 1.165) is 51.4 Å². The number of hydrogen-bond donors (Lipinski definition) is 3. The molecule has 1 saturated heterocycles. The molecule has 0 saturated carbocycles. The number of carbonyl (C=O) groups excluding carboxylic acids is 5. The van der Waals surface area contributed by atoms with E-state index in [1.807, 2.05) is 0 Å². The summed E-state index contributed by atoms with van der Waals surface area (Å²) in [5.74, 6) is -7.50. The van der Waals surface area contributed by atoms with Crippen molar-refractivity contribution in [3.63, 3.8) is 0 Å². The average Bonchev–Trinajstić information content (AvgIpc) is 2.81. The van der Waals surface area contributed by atoms with Gasteiger partial charge < -0.3 is 25.2 Å². The first-order valence-corrected chi connectivity index (χ1v) is 11.2. The molecule has 1 aliphatic heterocycles. The number of ether oxygens (including phenoxy) is 2. The molecule has 1 aliphatic rings. The maximum Gasteiger partial charge on any atom is 0.491 e. The predicted octanol–water partition coefficient (Wildman–Crippen LogP) is 1.83. The average molecular weight is 516 g/mol. The van der Waals surface area contributed by atoms with Crippen LogP contribution in [0.2, 0.25) is 0 Å². The summed E-state index contributed by atoms with van der Waals surface area (Å²) < 4.78 is 45.6. The number of phenols is 1. The quantitative estimate of drug-likeness (QED) is 0.228. The Morgan fingerprint density at radius 2 is 1.83 bits per heavy atom. The van der Waals surface area contributed by atoms with Crippen molar-refractivity contribution in [3.8, 4) is 11.5 Å². The van der Waals surface area contributed by atoms with Crippen LogP contribution in [0.25, 0.3) is 0 Å². The summed E-state index contributed by atoms with van der Waals surface area (Å²) >= 11 is 0. The molecule has 1 heterocycles. The van der Waals surface area contributed by atoms with Crippen LogP contribution in [-0.2, 0) is 23.9 Å². The number of halogens is 3. The van der Waals surface area contributed by atoms with Gasteiger partial charge in [-0.15, -0.1) is 0 Å². The summed E-state index contributed by atoms with van der Waals surface area (Å²) in [6.45, 7) is 2.33. The zero-order valence-electron chi connectivity index (χ0n) is 19.5. The normalized spacial score (nSPS) is 15.0. The number of ketones is 2. The molecule has 3 N–H and O–H groups in total. The number of hydrogen-bond acceptors (Lipinski definition) is 9. The number of benzene rings is 1. The van der Waals surface area contributed by atoms with Gasteiger partial charge in [0.2, 0.25) is 5.91 Å². The van der Waals surface area contributed by atoms with Crippen LogP contribution in [0.1, 0.15) is 49.4 Å². The second kappa shape index (κ2) is 13.0. The van der Waals surface area contributed by atoms with Crippen LogP contribution in [0, 0.1) is 5.92 Å². The van der Waals surface area contributed by atoms with Gasteiger partial charge in [-0.3, -0.25) is 14.4 Å². The summed E-state index contributed by atoms with van der Waals surface area (Å²) in [6, 6.07) is 3.12. The van der Waals surface area contributed by atoms with Crippen LogP contribution < -0.4 is 15.4 Å². The fraction of sp³-hybridized carbons (Fsp3) is 0.522. The minimum Gasteiger partial charge on any atom is -0.504 e. The van der Waals surface area contributed by atoms with E-state index in [1.165, 1.54) is 6.07 Å². The van der Waals surface area contributed by atoms with Crippen molar-refractivity contribution in [1.29, 1.82) is 0 Å². The highest BCUT2D eigenvalue weighted by Gasteiger charge is 2.44. The van der Waals surface area contributed by atoms with E-state index in [0.29, 0.717) is 12.3 Å². The highest BCUT2D eigenvalue weighted by Crippen LogP contribution is 2.29. The number of Topliss-reactive ketones (excluding diaryl/α,β-unsaturated/α-hetero) is 2. The largest absolute Gasteiger partial charge is 0.504 e. The molecule has 0 bridgehead atoms. The zero-order chi connectivity index (χ0) is 26.9. The maximum atomic E-state index is 12.5. The number of alkyl halides is 3. The third-order valence-electron chi connectivity index (χ3n) is 5.46. The molecular formula is C23H27F3N2O8. The summed E-state index contributed by atoms with van der Waals surface area (Å²) in [4.78, 5) is 58.9. The van der Waals surface area contributed by atoms with Crippen molar-refractivity contribution in [2.24, 2.45) is 5.92 Å². The number of phenolic OH excluding ortho intramolecular Hbond substituents is 1. The van der Waals surface area contributed by atoms with Gasteiger partial charge in [-0.25, -0.2) is 9.59 Å². The lowest BCUT2D eigenvalue weighted by molar-refractivity contribution is -0.203. The van der Waals surface area contributed by atoms with Crippen molar-refractivity contribution in [2.45, 2.75) is 51.3 Å². The summed E-state index contributed by atoms with van der Waals surface area (Å²) in [5, 5.41) is 15.7. The van der Waals surface area contributed by atoms with Crippen molar-refractivity contribution < 1.29 is 51.7 Å². The first-order chi connectivity index (χ1) is 16.9. The zero-order valence-corrected chi connectivity index (χ0v) is 19.5. The number of aromatic hydroxyl groups is 1. The Bertz CT molecular complexity index is 990. The molecule has 10 nitrogen and oxygen atoms in total. The molecule has 0 aliphatic carbocycles. The third-order valence-corrected chi connectivity index (χ3v) is 5.46. The fourth-order valence-electron chi connectivity index (χ4n) is 3.50. The van der Waals surface area contributed by atoms with Gasteiger partial charge in [-0.2, -0.15) is 13.2 Å². The molecule has 0 aromatic heterocycles. The molecule has 1 aromatic rings. The highest BCUT2D eigenvalue weighted by molar-refractivity contribution is 6.05. The molecule has 2 rings (SSSR count). The maximum absolute atomic E-state index is 12.5. The van der Waals surface area contributed by atoms with Crippen LogP contribution in [0.4, 0.5) is 13.2 Å². The molecule has 0 spiro atoms. The number of rotatable bonds is 11. The van der Waals surface area contributed by atoms with Crippen molar-refractivity contribution in [2.75, 3.05) is 19.6 Å². The van der Waals surface area contributed by atoms with E-state index in [4.69, 9.17) is 4.74 Å². The van der Waals surface area contributed by atoms with Gasteiger partial charge in [-0.05, 0) is 69.8 Å². The molecule has 1 amide bonds. The smallest absolute Gasteiger partial charge is 0.491 e. The predicted molar refractivity (Wildman–Crippen MR) is 117 cm³/mol. The topological polar surface area (TPSA) is 148 Å². The second-order valence-electron chi connectivity index (χ2n) is 8.28. The molecule has 1 atom stereocenters. The van der Waals surface area contributed by atoms with Crippen molar-refractivity contribution >= 4 is 29.4 Å². The summed E-state index contributed by atoms with van der Waals surface area (Å²) in [6.07, 6.45) is -3.83. The van der Waals surface area contributed by atoms with Gasteiger partial charge in [0.15, 0.2) is 23.1 Å². The molecule has 1 unspecified atom stereocenters. The number of amides is 1. The first-order valence-electron chi connectivity index (χ1n) is 11.2. The van der Waals surface area contributed by atoms with Crippen LogP contribution in [0.3, 0.4) is 0 Å². The Kier molecular flexibility index (Phi) is 10.4. The summed E-state index contributed by atoms with van der Waals surface area (Å²) in [5.41, 5.74) is -0.0835. The Morgan fingerprint density at radius 3 is 2.44 bits per heavy atom. The monoisotopic (exact) mass is 516 g/mol. The van der Waals surface area contributed by atoms with Gasteiger partial charge in [0.25, 0.3) is 6.10 Å². The minimum atomic E-state index is -5.48. The lowest BCUT2D eigenvalue weighted by Crippen LogP contribution is -2.39. The van der Waals surface area contributed by atoms with Gasteiger partial charge >= 0.3 is 18.1 Å². The van der Waals surface area contributed by atoms with Crippen LogP contribution >= 0.6 is 0 Å². The van der Waals surface area contributed by atoms with Crippen LogP contribution in [-0.4, -0.2) is 66.4 Å². The van der Waals surface area contributed by atoms with E-state index in [1.54, 1.807) is 0 Å². The van der Waals surface area contributed by atoms with Gasteiger partial charge in [0.1, 0.15) is 0 Å². The van der Waals surface area contributed by atoms with E-state index >= 15 is 0 Å². The van der Waals surface area contributed by atoms with Crippen LogP contribution in [0.5, 0.6) is 11.5 Å². The number of esters is 2. The molecular weight excluding hydrogens is 489 g/mol. The van der Waals surface area contributed by atoms with Gasteiger partial charge in [-0.1, -0.05) is 0 Å². The highest BCUT2D eigenvalue weighted by atomic mass is 19.4. The molecule has 13 heteroatoms. The van der Waals surface area contributed by atoms with Gasteiger partial charge in [0.05, 0.1) is 6.54 Å². The minimum absolute atomic E-state index is 0.0835. The van der Waals surface area contributed by atoms with Gasteiger partial charge in [0, 0.05) is 12.0 Å². The molecule has 0 radical (unpaired) electrons. The van der Waals surface area contributed by atoms with E-state index in [-0.39, 0.29) is 24.4 Å². The number of carbonyl (C=O) groups is 5. The third kappa shape index (κ3) is 8.95. The van der Waals surface area contributed by atoms with Crippen molar-refractivity contribution in [1.82, 2.24) is 10.6 Å². The van der Waals surface area contributed by atoms with E-state index in [9.17, 15) is 42.3 Å². The van der Waals surface area contributed by atoms with E-state index in [2.05, 4.69) is 15.4 Å². The molecule has 36 heavy (non-hydrogen) atoms. The number of piperidine rings is 1. The van der Waals surface area contributed by atoms with Crippen molar-refractivity contribution in [3.05, 3.63) is 23.8 Å².